The van der Waals surface area contributed by atoms with E-state index in [1.807, 2.05) is 41.2 Å². The molecule has 0 aliphatic heterocycles. The lowest BCUT2D eigenvalue weighted by Gasteiger charge is -2.21. The predicted octanol–water partition coefficient (Wildman–Crippen LogP) is 7.05. The number of hydrogen-bond acceptors (Lipinski definition) is 6. The average molecular weight is 518 g/mol. The number of nitrogens with zero attached hydrogens (tertiary/aromatic N) is 5. The molecule has 1 aliphatic carbocycles. The third-order valence-electron chi connectivity index (χ3n) is 7.72. The van der Waals surface area contributed by atoms with Crippen molar-refractivity contribution < 1.29 is 4.79 Å². The van der Waals surface area contributed by atoms with Crippen molar-refractivity contribution in [2.24, 2.45) is 5.92 Å². The van der Waals surface area contributed by atoms with Crippen LogP contribution in [0.15, 0.2) is 61.1 Å². The standard InChI is InChI=1S/C29H23N7OS/c37-29(16-5-2-1-3-6-16)36-19-11-17(13-30-15-19)18-12-21-26(34-35-27(21)31-14-18)28-32-22-8-4-7-20(25(22)33-28)23-9-10-24(36)38-23/h4,7-16H,1-3,5-6H2,(H,32,33)(H,31,34,35). The van der Waals surface area contributed by atoms with E-state index in [2.05, 4.69) is 43.3 Å². The van der Waals surface area contributed by atoms with Crippen LogP contribution in [0.5, 0.6) is 0 Å². The van der Waals surface area contributed by atoms with Crippen molar-refractivity contribution in [3.63, 3.8) is 0 Å². The van der Waals surface area contributed by atoms with Gasteiger partial charge in [0.15, 0.2) is 11.3 Å². The van der Waals surface area contributed by atoms with E-state index in [4.69, 9.17) is 4.98 Å². The summed E-state index contributed by atoms with van der Waals surface area (Å²) < 4.78 is 2.93. The molecule has 8 rings (SSSR count). The number of imidazole rings is 1. The Morgan fingerprint density at radius 3 is 2.74 bits per heavy atom. The smallest absolute Gasteiger partial charge is 0.235 e. The average Bonchev–Trinajstić information content (AvgIpc) is 3.71. The molecule has 7 aromatic rings. The molecular formula is C29H23N7OS. The number of pyridine rings is 2. The fraction of sp³-hybridized carbons (Fsp3) is 0.207. The van der Waals surface area contributed by atoms with E-state index in [1.165, 1.54) is 6.42 Å². The van der Waals surface area contributed by atoms with Crippen LogP contribution < -0.4 is 0 Å². The lowest BCUT2D eigenvalue weighted by atomic mass is 9.88. The Morgan fingerprint density at radius 1 is 0.921 bits per heavy atom. The minimum Gasteiger partial charge on any atom is -0.337 e. The molecule has 38 heavy (non-hydrogen) atoms. The lowest BCUT2D eigenvalue weighted by Crippen LogP contribution is -2.24. The first kappa shape index (κ1) is 21.7. The van der Waals surface area contributed by atoms with Crippen LogP contribution >= 0.6 is 11.3 Å². The summed E-state index contributed by atoms with van der Waals surface area (Å²) in [5, 5.41) is 11.3. The SMILES string of the molecule is O=C(C1CCCCC1)n1c2cncc(c2)c2cnc3[nH]nc(c4nc5c(cccc5c5ccc1s5)[nH]4)c3c2. The van der Waals surface area contributed by atoms with Crippen LogP contribution in [0.1, 0.15) is 36.9 Å². The number of aromatic amines is 2. The topological polar surface area (TPSA) is 105 Å². The summed E-state index contributed by atoms with van der Waals surface area (Å²) in [6.45, 7) is 0. The molecule has 0 unspecified atom stereocenters. The van der Waals surface area contributed by atoms with Gasteiger partial charge in [-0.1, -0.05) is 31.4 Å². The molecule has 1 fully saturated rings. The number of carbonyl (C=O) groups excluding carboxylic acids is 1. The molecule has 6 aromatic heterocycles. The molecular weight excluding hydrogens is 494 g/mol. The number of carbonyl (C=O) groups is 1. The van der Waals surface area contributed by atoms with Gasteiger partial charge in [-0.25, -0.2) is 9.97 Å². The lowest BCUT2D eigenvalue weighted by molar-refractivity contribution is 0.0812. The maximum Gasteiger partial charge on any atom is 0.235 e. The Kier molecular flexibility index (Phi) is 4.75. The monoisotopic (exact) mass is 517 g/mol. The molecule has 9 heteroatoms. The van der Waals surface area contributed by atoms with Crippen LogP contribution in [0, 0.1) is 5.92 Å². The third kappa shape index (κ3) is 3.31. The molecule has 0 spiro atoms. The minimum atomic E-state index is 0.0175. The van der Waals surface area contributed by atoms with Gasteiger partial charge in [0.1, 0.15) is 10.3 Å². The van der Waals surface area contributed by atoms with E-state index in [1.54, 1.807) is 17.5 Å². The van der Waals surface area contributed by atoms with Gasteiger partial charge in [-0.15, -0.1) is 11.3 Å². The third-order valence-corrected chi connectivity index (χ3v) is 8.82. The van der Waals surface area contributed by atoms with Crippen molar-refractivity contribution >= 4 is 81.7 Å². The van der Waals surface area contributed by atoms with Gasteiger partial charge in [-0.05, 0) is 43.2 Å². The Morgan fingerprint density at radius 2 is 1.82 bits per heavy atom. The quantitative estimate of drug-likeness (QED) is 0.243. The van der Waals surface area contributed by atoms with Crippen molar-refractivity contribution in [1.29, 1.82) is 0 Å². The fourth-order valence-corrected chi connectivity index (χ4v) is 6.84. The molecule has 1 aliphatic rings. The molecule has 0 radical (unpaired) electrons. The van der Waals surface area contributed by atoms with Crippen LogP contribution in [-0.4, -0.2) is 40.6 Å². The molecule has 2 N–H and O–H groups in total. The van der Waals surface area contributed by atoms with Crippen LogP contribution in [0.4, 0.5) is 0 Å². The first-order valence-electron chi connectivity index (χ1n) is 13.0. The van der Waals surface area contributed by atoms with E-state index >= 15 is 0 Å². The van der Waals surface area contributed by atoms with Crippen molar-refractivity contribution in [3.05, 3.63) is 61.1 Å². The molecule has 0 saturated heterocycles. The Balaban J connectivity index is 1.57. The number of thiophene rings is 1. The molecule has 8 bridgehead atoms. The summed E-state index contributed by atoms with van der Waals surface area (Å²) in [6, 6.07) is 14.4. The highest BCUT2D eigenvalue weighted by Crippen LogP contribution is 2.32. The van der Waals surface area contributed by atoms with Gasteiger partial charge in [0.2, 0.25) is 5.91 Å². The molecule has 0 amide bonds. The Hall–Kier alpha value is -4.37. The van der Waals surface area contributed by atoms with Gasteiger partial charge in [-0.3, -0.25) is 19.4 Å². The Labute approximate surface area is 220 Å². The number of para-hydroxylation sites is 1. The zero-order valence-electron chi connectivity index (χ0n) is 20.4. The van der Waals surface area contributed by atoms with Crippen molar-refractivity contribution in [3.8, 4) is 0 Å². The van der Waals surface area contributed by atoms with Crippen molar-refractivity contribution in [2.45, 2.75) is 32.1 Å². The highest BCUT2D eigenvalue weighted by atomic mass is 32.1. The molecule has 1 aromatic carbocycles. The number of hydrogen-bond donors (Lipinski definition) is 2. The first-order valence-corrected chi connectivity index (χ1v) is 13.8. The normalized spacial score (nSPS) is 14.8. The highest BCUT2D eigenvalue weighted by Gasteiger charge is 2.24. The van der Waals surface area contributed by atoms with Crippen LogP contribution in [0.2, 0.25) is 0 Å². The summed E-state index contributed by atoms with van der Waals surface area (Å²) in [5.74, 6) is 0.163. The molecule has 186 valence electrons. The van der Waals surface area contributed by atoms with E-state index in [9.17, 15) is 4.79 Å². The van der Waals surface area contributed by atoms with Crippen LogP contribution in [0.3, 0.4) is 0 Å². The molecule has 8 nitrogen and oxygen atoms in total. The van der Waals surface area contributed by atoms with E-state index < -0.39 is 0 Å². The van der Waals surface area contributed by atoms with E-state index in [0.717, 1.165) is 78.8 Å². The number of aromatic nitrogens is 7. The fourth-order valence-electron chi connectivity index (χ4n) is 5.78. The van der Waals surface area contributed by atoms with Crippen LogP contribution in [0.25, 0.3) is 64.4 Å². The summed E-state index contributed by atoms with van der Waals surface area (Å²) in [7, 11) is 0. The summed E-state index contributed by atoms with van der Waals surface area (Å²) in [5.41, 5.74) is 4.67. The number of benzene rings is 1. The van der Waals surface area contributed by atoms with E-state index in [0.29, 0.717) is 11.3 Å². The molecule has 6 heterocycles. The van der Waals surface area contributed by atoms with Gasteiger partial charge < -0.3 is 4.98 Å². The summed E-state index contributed by atoms with van der Waals surface area (Å²) >= 11 is 1.61. The van der Waals surface area contributed by atoms with Gasteiger partial charge in [0.25, 0.3) is 0 Å². The summed E-state index contributed by atoms with van der Waals surface area (Å²) in [4.78, 5) is 32.6. The van der Waals surface area contributed by atoms with Gasteiger partial charge >= 0.3 is 0 Å². The molecule has 0 atom stereocenters. The first-order chi connectivity index (χ1) is 18.7. The zero-order chi connectivity index (χ0) is 25.2. The number of fused-ring (bicyclic) bond motifs is 9. The Bertz CT molecular complexity index is 2110. The van der Waals surface area contributed by atoms with Gasteiger partial charge in [0.05, 0.1) is 28.1 Å². The second kappa shape index (κ2) is 8.32. The number of nitrogens with one attached hydrogen (secondary N) is 2. The minimum absolute atomic E-state index is 0.0175. The second-order valence-electron chi connectivity index (χ2n) is 10.1. The summed E-state index contributed by atoms with van der Waals surface area (Å²) in [6.07, 6.45) is 10.7. The predicted molar refractivity (Wildman–Crippen MR) is 152 cm³/mol. The maximum absolute atomic E-state index is 14.1. The number of rotatable bonds is 1. The largest absolute Gasteiger partial charge is 0.337 e. The van der Waals surface area contributed by atoms with E-state index in [-0.39, 0.29) is 11.8 Å². The van der Waals surface area contributed by atoms with Gasteiger partial charge in [-0.2, -0.15) is 5.10 Å². The second-order valence-corrected chi connectivity index (χ2v) is 11.1. The zero-order valence-corrected chi connectivity index (χ0v) is 21.3. The number of H-pyrrole nitrogens is 2. The van der Waals surface area contributed by atoms with Crippen molar-refractivity contribution in [2.75, 3.05) is 0 Å². The molecule has 1 saturated carbocycles. The van der Waals surface area contributed by atoms with Gasteiger partial charge in [0, 0.05) is 39.2 Å². The van der Waals surface area contributed by atoms with Crippen molar-refractivity contribution in [1.82, 2.24) is 34.7 Å². The maximum atomic E-state index is 14.1. The highest BCUT2D eigenvalue weighted by molar-refractivity contribution is 7.24. The van der Waals surface area contributed by atoms with Crippen LogP contribution in [-0.2, 0) is 0 Å².